The lowest BCUT2D eigenvalue weighted by molar-refractivity contribution is 0.0640. The zero-order chi connectivity index (χ0) is 21.4. The van der Waals surface area contributed by atoms with Gasteiger partial charge in [-0.25, -0.2) is 0 Å². The van der Waals surface area contributed by atoms with Gasteiger partial charge in [-0.05, 0) is 35.9 Å². The Balaban J connectivity index is 1.35. The van der Waals surface area contributed by atoms with E-state index in [1.807, 2.05) is 12.1 Å². The maximum Gasteiger partial charge on any atom is 0.289 e. The van der Waals surface area contributed by atoms with E-state index < -0.39 is 0 Å². The SMILES string of the molecule is O=C(c1ccco1)N1CCN(c2cccc3c2C(=O)N(Cc2cccnc2)C3=O)CC1. The first-order valence-corrected chi connectivity index (χ1v) is 10.1. The number of amides is 3. The van der Waals surface area contributed by atoms with E-state index in [9.17, 15) is 14.4 Å². The molecule has 0 atom stereocenters. The Labute approximate surface area is 178 Å². The predicted molar refractivity (Wildman–Crippen MR) is 112 cm³/mol. The van der Waals surface area contributed by atoms with Crippen molar-refractivity contribution < 1.29 is 18.8 Å². The van der Waals surface area contributed by atoms with Crippen LogP contribution in [0.15, 0.2) is 65.5 Å². The summed E-state index contributed by atoms with van der Waals surface area (Å²) in [6.07, 6.45) is 4.79. The number of benzene rings is 1. The minimum Gasteiger partial charge on any atom is -0.459 e. The largest absolute Gasteiger partial charge is 0.459 e. The summed E-state index contributed by atoms with van der Waals surface area (Å²) in [6, 6.07) is 12.3. The number of carbonyl (C=O) groups excluding carboxylic acids is 3. The van der Waals surface area contributed by atoms with Crippen LogP contribution in [0.2, 0.25) is 0 Å². The molecular weight excluding hydrogens is 396 g/mol. The summed E-state index contributed by atoms with van der Waals surface area (Å²) in [5, 5.41) is 0. The summed E-state index contributed by atoms with van der Waals surface area (Å²) in [7, 11) is 0. The van der Waals surface area contributed by atoms with E-state index in [4.69, 9.17) is 4.42 Å². The van der Waals surface area contributed by atoms with Gasteiger partial charge in [0.2, 0.25) is 0 Å². The van der Waals surface area contributed by atoms with E-state index in [1.165, 1.54) is 11.2 Å². The molecule has 0 bridgehead atoms. The number of furan rings is 1. The third kappa shape index (κ3) is 3.35. The number of piperazine rings is 1. The first kappa shape index (κ1) is 19.0. The number of pyridine rings is 1. The van der Waals surface area contributed by atoms with E-state index in [0.717, 1.165) is 11.3 Å². The molecule has 1 fully saturated rings. The summed E-state index contributed by atoms with van der Waals surface area (Å²) < 4.78 is 5.21. The first-order valence-electron chi connectivity index (χ1n) is 10.1. The predicted octanol–water partition coefficient (Wildman–Crippen LogP) is 2.43. The summed E-state index contributed by atoms with van der Waals surface area (Å²) in [6.45, 7) is 2.32. The standard InChI is InChI=1S/C23H20N4O4/c28-21-17-5-1-6-18(20(17)23(30)27(21)15-16-4-2-8-24-14-16)25-9-11-26(12-10-25)22(29)19-7-3-13-31-19/h1-8,13-14H,9-12,15H2. The van der Waals surface area contributed by atoms with Crippen LogP contribution in [0.5, 0.6) is 0 Å². The molecule has 1 aromatic carbocycles. The van der Waals surface area contributed by atoms with Crippen molar-refractivity contribution in [3.05, 3.63) is 83.6 Å². The van der Waals surface area contributed by atoms with Gasteiger partial charge in [-0.3, -0.25) is 24.3 Å². The van der Waals surface area contributed by atoms with E-state index in [0.29, 0.717) is 43.1 Å². The molecule has 2 aliphatic rings. The molecule has 0 aliphatic carbocycles. The fourth-order valence-electron chi connectivity index (χ4n) is 4.10. The van der Waals surface area contributed by atoms with E-state index in [2.05, 4.69) is 9.88 Å². The molecule has 0 radical (unpaired) electrons. The molecule has 8 nitrogen and oxygen atoms in total. The smallest absolute Gasteiger partial charge is 0.289 e. The Morgan fingerprint density at radius 3 is 2.52 bits per heavy atom. The van der Waals surface area contributed by atoms with Crippen LogP contribution in [0.25, 0.3) is 0 Å². The maximum absolute atomic E-state index is 13.2. The number of nitrogens with zero attached hydrogens (tertiary/aromatic N) is 4. The Morgan fingerprint density at radius 2 is 1.81 bits per heavy atom. The van der Waals surface area contributed by atoms with Gasteiger partial charge in [0.1, 0.15) is 0 Å². The lowest BCUT2D eigenvalue weighted by atomic mass is 10.1. The lowest BCUT2D eigenvalue weighted by Crippen LogP contribution is -2.49. The second-order valence-corrected chi connectivity index (χ2v) is 7.51. The molecular formula is C23H20N4O4. The Morgan fingerprint density at radius 1 is 0.968 bits per heavy atom. The minimum absolute atomic E-state index is 0.142. The highest BCUT2D eigenvalue weighted by Gasteiger charge is 2.39. The average molecular weight is 416 g/mol. The fourth-order valence-corrected chi connectivity index (χ4v) is 4.10. The van der Waals surface area contributed by atoms with Crippen molar-refractivity contribution in [2.75, 3.05) is 31.1 Å². The van der Waals surface area contributed by atoms with Gasteiger partial charge < -0.3 is 14.2 Å². The second kappa shape index (κ2) is 7.71. The third-order valence-corrected chi connectivity index (χ3v) is 5.68. The molecule has 3 aromatic rings. The van der Waals surface area contributed by atoms with Crippen LogP contribution >= 0.6 is 0 Å². The number of hydrogen-bond donors (Lipinski definition) is 0. The van der Waals surface area contributed by atoms with Gasteiger partial charge in [-0.15, -0.1) is 0 Å². The van der Waals surface area contributed by atoms with Crippen molar-refractivity contribution in [1.29, 1.82) is 0 Å². The van der Waals surface area contributed by atoms with Gasteiger partial charge in [0, 0.05) is 38.6 Å². The molecule has 31 heavy (non-hydrogen) atoms. The van der Waals surface area contributed by atoms with Gasteiger partial charge in [-0.2, -0.15) is 0 Å². The lowest BCUT2D eigenvalue weighted by Gasteiger charge is -2.36. The Bertz CT molecular complexity index is 1140. The Hall–Kier alpha value is -3.94. The van der Waals surface area contributed by atoms with Crippen LogP contribution < -0.4 is 4.90 Å². The van der Waals surface area contributed by atoms with Crippen molar-refractivity contribution in [3.8, 4) is 0 Å². The Kier molecular flexibility index (Phi) is 4.74. The van der Waals surface area contributed by atoms with Crippen LogP contribution in [0.4, 0.5) is 5.69 Å². The number of imide groups is 1. The number of hydrogen-bond acceptors (Lipinski definition) is 6. The quantitative estimate of drug-likeness (QED) is 0.607. The molecule has 8 heteroatoms. The topological polar surface area (TPSA) is 87.0 Å². The van der Waals surface area contributed by atoms with Crippen molar-refractivity contribution in [3.63, 3.8) is 0 Å². The first-order chi connectivity index (χ1) is 15.1. The number of anilines is 1. The fraction of sp³-hybridized carbons (Fsp3) is 0.217. The van der Waals surface area contributed by atoms with Gasteiger partial charge in [-0.1, -0.05) is 12.1 Å². The van der Waals surface area contributed by atoms with Crippen LogP contribution in [-0.4, -0.2) is 58.7 Å². The zero-order valence-corrected chi connectivity index (χ0v) is 16.7. The highest BCUT2D eigenvalue weighted by molar-refractivity contribution is 6.23. The molecule has 0 unspecified atom stereocenters. The van der Waals surface area contributed by atoms with Gasteiger partial charge in [0.25, 0.3) is 17.7 Å². The van der Waals surface area contributed by atoms with Crippen LogP contribution in [0, 0.1) is 0 Å². The van der Waals surface area contributed by atoms with Crippen molar-refractivity contribution in [2.45, 2.75) is 6.54 Å². The van der Waals surface area contributed by atoms with E-state index in [-0.39, 0.29) is 24.3 Å². The number of fused-ring (bicyclic) bond motifs is 1. The molecule has 4 heterocycles. The molecule has 156 valence electrons. The number of rotatable bonds is 4. The molecule has 0 saturated carbocycles. The van der Waals surface area contributed by atoms with E-state index in [1.54, 1.807) is 47.6 Å². The highest BCUT2D eigenvalue weighted by Crippen LogP contribution is 2.33. The van der Waals surface area contributed by atoms with Gasteiger partial charge in [0.05, 0.1) is 29.6 Å². The van der Waals surface area contributed by atoms with Crippen molar-refractivity contribution in [1.82, 2.24) is 14.8 Å². The summed E-state index contributed by atoms with van der Waals surface area (Å²) in [5.41, 5.74) is 2.38. The number of aromatic nitrogens is 1. The molecule has 3 amide bonds. The molecule has 0 N–H and O–H groups in total. The van der Waals surface area contributed by atoms with Crippen molar-refractivity contribution >= 4 is 23.4 Å². The normalized spacial score (nSPS) is 16.1. The molecule has 0 spiro atoms. The maximum atomic E-state index is 13.2. The van der Waals surface area contributed by atoms with Crippen molar-refractivity contribution in [2.24, 2.45) is 0 Å². The second-order valence-electron chi connectivity index (χ2n) is 7.51. The number of carbonyl (C=O) groups is 3. The summed E-state index contributed by atoms with van der Waals surface area (Å²) in [5.74, 6) is -0.413. The molecule has 1 saturated heterocycles. The third-order valence-electron chi connectivity index (χ3n) is 5.68. The van der Waals surface area contributed by atoms with E-state index >= 15 is 0 Å². The summed E-state index contributed by atoms with van der Waals surface area (Å²) >= 11 is 0. The monoisotopic (exact) mass is 416 g/mol. The molecule has 2 aromatic heterocycles. The molecule has 5 rings (SSSR count). The average Bonchev–Trinajstić information content (AvgIpc) is 3.43. The minimum atomic E-state index is -0.298. The van der Waals surface area contributed by atoms with Crippen LogP contribution in [0.3, 0.4) is 0 Å². The van der Waals surface area contributed by atoms with Crippen LogP contribution in [-0.2, 0) is 6.54 Å². The van der Waals surface area contributed by atoms with Gasteiger partial charge >= 0.3 is 0 Å². The molecule has 2 aliphatic heterocycles. The highest BCUT2D eigenvalue weighted by atomic mass is 16.3. The van der Waals surface area contributed by atoms with Gasteiger partial charge in [0.15, 0.2) is 5.76 Å². The zero-order valence-electron chi connectivity index (χ0n) is 16.7. The van der Waals surface area contributed by atoms with Crippen LogP contribution in [0.1, 0.15) is 36.8 Å². The summed E-state index contributed by atoms with van der Waals surface area (Å²) in [4.78, 5) is 47.7.